The summed E-state index contributed by atoms with van der Waals surface area (Å²) in [4.78, 5) is 41.6. The molecular formula is C25H26N6O4. The van der Waals surface area contributed by atoms with Crippen LogP contribution >= 0.6 is 0 Å². The smallest absolute Gasteiger partial charge is 0.351 e. The second-order valence-corrected chi connectivity index (χ2v) is 8.19. The first-order chi connectivity index (χ1) is 16.9. The minimum Gasteiger partial charge on any atom is -0.356 e. The second-order valence-electron chi connectivity index (χ2n) is 8.19. The van der Waals surface area contributed by atoms with E-state index >= 15 is 0 Å². The Hall–Kier alpha value is -4.34. The van der Waals surface area contributed by atoms with Gasteiger partial charge in [0.15, 0.2) is 5.69 Å². The zero-order valence-corrected chi connectivity index (χ0v) is 19.6. The van der Waals surface area contributed by atoms with Gasteiger partial charge in [0.1, 0.15) is 0 Å². The Bertz CT molecular complexity index is 1420. The molecule has 0 saturated carbocycles. The highest BCUT2D eigenvalue weighted by atomic mass is 16.5. The minimum atomic E-state index is -0.637. The van der Waals surface area contributed by atoms with Crippen molar-refractivity contribution in [2.75, 3.05) is 6.54 Å². The number of aryl methyl sites for hydroxylation is 3. The molecule has 2 aromatic heterocycles. The van der Waals surface area contributed by atoms with E-state index in [0.717, 1.165) is 27.7 Å². The summed E-state index contributed by atoms with van der Waals surface area (Å²) in [6, 6.07) is 17.2. The largest absolute Gasteiger partial charge is 0.356 e. The second kappa shape index (κ2) is 10.7. The van der Waals surface area contributed by atoms with E-state index in [2.05, 4.69) is 32.7 Å². The first-order valence-corrected chi connectivity index (χ1v) is 11.3. The van der Waals surface area contributed by atoms with Crippen LogP contribution in [-0.4, -0.2) is 36.9 Å². The van der Waals surface area contributed by atoms with Gasteiger partial charge in [-0.05, 0) is 37.5 Å². The molecule has 0 aliphatic rings. The predicted octanol–water partition coefficient (Wildman–Crippen LogP) is 1.97. The highest BCUT2D eigenvalue weighted by Gasteiger charge is 2.19. The molecule has 0 aliphatic heterocycles. The Morgan fingerprint density at radius 3 is 2.51 bits per heavy atom. The number of nitrogens with zero attached hydrogens (tertiary/aromatic N) is 5. The third-order valence-corrected chi connectivity index (χ3v) is 5.51. The number of benzene rings is 2. The lowest BCUT2D eigenvalue weighted by Gasteiger charge is -2.08. The summed E-state index contributed by atoms with van der Waals surface area (Å²) in [5.41, 5.74) is 1.42. The van der Waals surface area contributed by atoms with Crippen LogP contribution in [0.1, 0.15) is 29.9 Å². The Morgan fingerprint density at radius 1 is 1.03 bits per heavy atom. The third kappa shape index (κ3) is 5.78. The number of hydrogen-bond donors (Lipinski definition) is 1. The molecule has 10 nitrogen and oxygen atoms in total. The monoisotopic (exact) mass is 474 g/mol. The Morgan fingerprint density at radius 2 is 1.77 bits per heavy atom. The van der Waals surface area contributed by atoms with Crippen LogP contribution in [0.5, 0.6) is 0 Å². The molecule has 0 bridgehead atoms. The normalized spacial score (nSPS) is 10.9. The lowest BCUT2D eigenvalue weighted by atomic mass is 10.1. The van der Waals surface area contributed by atoms with Crippen molar-refractivity contribution < 1.29 is 9.32 Å². The van der Waals surface area contributed by atoms with Crippen molar-refractivity contribution in [2.45, 2.75) is 32.6 Å². The average Bonchev–Trinajstić information content (AvgIpc) is 3.34. The third-order valence-electron chi connectivity index (χ3n) is 5.51. The predicted molar refractivity (Wildman–Crippen MR) is 129 cm³/mol. The number of amides is 1. The topological polar surface area (TPSA) is 125 Å². The molecule has 0 atom stereocenters. The fraction of sp³-hybridized carbons (Fsp3) is 0.280. The first kappa shape index (κ1) is 23.8. The molecule has 0 spiro atoms. The van der Waals surface area contributed by atoms with Gasteiger partial charge in [0, 0.05) is 26.4 Å². The SMILES string of the molecule is Cc1ccc(-n2nc(-c3noc(CCC(=O)NCCCc4ccccc4)n3)c(=O)n(C)c2=O)cc1. The highest BCUT2D eigenvalue weighted by molar-refractivity contribution is 5.75. The van der Waals surface area contributed by atoms with E-state index in [1.165, 1.54) is 12.6 Å². The molecule has 2 aromatic carbocycles. The highest BCUT2D eigenvalue weighted by Crippen LogP contribution is 2.11. The van der Waals surface area contributed by atoms with E-state index < -0.39 is 11.2 Å². The van der Waals surface area contributed by atoms with E-state index in [-0.39, 0.29) is 36.2 Å². The molecule has 0 radical (unpaired) electrons. The lowest BCUT2D eigenvalue weighted by molar-refractivity contribution is -0.121. The van der Waals surface area contributed by atoms with Crippen molar-refractivity contribution in [3.63, 3.8) is 0 Å². The molecule has 0 unspecified atom stereocenters. The van der Waals surface area contributed by atoms with Crippen LogP contribution < -0.4 is 16.6 Å². The molecule has 4 rings (SSSR count). The maximum absolute atomic E-state index is 12.7. The van der Waals surface area contributed by atoms with Crippen molar-refractivity contribution in [3.8, 4) is 17.2 Å². The van der Waals surface area contributed by atoms with Crippen molar-refractivity contribution in [3.05, 3.63) is 92.5 Å². The van der Waals surface area contributed by atoms with Crippen molar-refractivity contribution in [1.82, 2.24) is 29.8 Å². The van der Waals surface area contributed by atoms with Gasteiger partial charge in [0.05, 0.1) is 5.69 Å². The molecule has 4 aromatic rings. The van der Waals surface area contributed by atoms with Gasteiger partial charge in [-0.3, -0.25) is 14.2 Å². The van der Waals surface area contributed by atoms with Crippen LogP contribution in [0.25, 0.3) is 17.2 Å². The van der Waals surface area contributed by atoms with Gasteiger partial charge >= 0.3 is 5.69 Å². The van der Waals surface area contributed by atoms with Gasteiger partial charge in [-0.1, -0.05) is 53.2 Å². The zero-order valence-electron chi connectivity index (χ0n) is 19.6. The minimum absolute atomic E-state index is 0.0373. The van der Waals surface area contributed by atoms with Gasteiger partial charge in [0.25, 0.3) is 5.56 Å². The average molecular weight is 475 g/mol. The van der Waals surface area contributed by atoms with Crippen LogP contribution in [0.4, 0.5) is 0 Å². The summed E-state index contributed by atoms with van der Waals surface area (Å²) in [6.45, 7) is 2.50. The quantitative estimate of drug-likeness (QED) is 0.368. The number of aromatic nitrogens is 5. The number of carbonyl (C=O) groups excluding carboxylic acids is 1. The molecule has 1 amide bonds. The summed E-state index contributed by atoms with van der Waals surface area (Å²) in [5.74, 6) is 0.0425. The van der Waals surface area contributed by atoms with Gasteiger partial charge in [0.2, 0.25) is 17.6 Å². The van der Waals surface area contributed by atoms with E-state index in [0.29, 0.717) is 12.2 Å². The Kier molecular flexibility index (Phi) is 7.30. The number of carbonyl (C=O) groups is 1. The first-order valence-electron chi connectivity index (χ1n) is 11.3. The Balaban J connectivity index is 1.39. The maximum atomic E-state index is 12.7. The van der Waals surface area contributed by atoms with Crippen LogP contribution in [0.15, 0.2) is 68.7 Å². The molecule has 0 fully saturated rings. The van der Waals surface area contributed by atoms with Crippen molar-refractivity contribution in [1.29, 1.82) is 0 Å². The summed E-state index contributed by atoms with van der Waals surface area (Å²) >= 11 is 0. The summed E-state index contributed by atoms with van der Waals surface area (Å²) < 4.78 is 7.29. The summed E-state index contributed by atoms with van der Waals surface area (Å²) in [6.07, 6.45) is 2.11. The number of nitrogens with one attached hydrogen (secondary N) is 1. The Labute approximate surface area is 201 Å². The summed E-state index contributed by atoms with van der Waals surface area (Å²) in [5, 5.41) is 10.9. The standard InChI is InChI=1S/C25H26N6O4/c1-17-10-12-19(13-11-17)31-25(34)30(2)24(33)22(28-31)23-27-21(35-29-23)15-14-20(32)26-16-6-9-18-7-4-3-5-8-18/h3-5,7-8,10-13H,6,9,14-16H2,1-2H3,(H,26,32). The van der Waals surface area contributed by atoms with E-state index in [1.54, 1.807) is 12.1 Å². The van der Waals surface area contributed by atoms with E-state index in [4.69, 9.17) is 4.52 Å². The molecule has 10 heteroatoms. The van der Waals surface area contributed by atoms with Gasteiger partial charge < -0.3 is 9.84 Å². The fourth-order valence-electron chi connectivity index (χ4n) is 3.49. The summed E-state index contributed by atoms with van der Waals surface area (Å²) in [7, 11) is 1.36. The molecule has 0 aliphatic carbocycles. The fourth-order valence-corrected chi connectivity index (χ4v) is 3.49. The molecule has 180 valence electrons. The van der Waals surface area contributed by atoms with E-state index in [1.807, 2.05) is 37.3 Å². The van der Waals surface area contributed by atoms with Gasteiger partial charge in [-0.15, -0.1) is 0 Å². The van der Waals surface area contributed by atoms with Crippen LogP contribution in [0.2, 0.25) is 0 Å². The van der Waals surface area contributed by atoms with Gasteiger partial charge in [-0.2, -0.15) is 14.8 Å². The van der Waals surface area contributed by atoms with Gasteiger partial charge in [-0.25, -0.2) is 4.79 Å². The number of hydrogen-bond acceptors (Lipinski definition) is 7. The molecular weight excluding hydrogens is 448 g/mol. The maximum Gasteiger partial charge on any atom is 0.351 e. The molecule has 0 saturated heterocycles. The van der Waals surface area contributed by atoms with E-state index in [9.17, 15) is 14.4 Å². The van der Waals surface area contributed by atoms with Crippen LogP contribution in [0.3, 0.4) is 0 Å². The van der Waals surface area contributed by atoms with Crippen LogP contribution in [-0.2, 0) is 24.7 Å². The van der Waals surface area contributed by atoms with Crippen molar-refractivity contribution >= 4 is 5.91 Å². The van der Waals surface area contributed by atoms with Crippen molar-refractivity contribution in [2.24, 2.45) is 7.05 Å². The van der Waals surface area contributed by atoms with Crippen LogP contribution in [0, 0.1) is 6.92 Å². The molecule has 1 N–H and O–H groups in total. The lowest BCUT2D eigenvalue weighted by Crippen LogP contribution is -2.40. The molecule has 35 heavy (non-hydrogen) atoms. The number of rotatable bonds is 9. The zero-order chi connectivity index (χ0) is 24.8. The molecule has 2 heterocycles.